The fourth-order valence-corrected chi connectivity index (χ4v) is 4.24. The second-order valence-corrected chi connectivity index (χ2v) is 9.21. The zero-order valence-electron chi connectivity index (χ0n) is 18.5. The van der Waals surface area contributed by atoms with Crippen molar-refractivity contribution in [2.45, 2.75) is 20.3 Å². The molecule has 0 aliphatic carbocycles. The van der Waals surface area contributed by atoms with E-state index in [4.69, 9.17) is 9.72 Å². The van der Waals surface area contributed by atoms with Crippen LogP contribution >= 0.6 is 15.9 Å². The van der Waals surface area contributed by atoms with Crippen LogP contribution in [0.2, 0.25) is 0 Å². The van der Waals surface area contributed by atoms with Crippen molar-refractivity contribution in [2.24, 2.45) is 0 Å². The molecule has 0 aliphatic rings. The Hall–Kier alpha value is -2.63. The first-order valence-corrected chi connectivity index (χ1v) is 11.3. The van der Waals surface area contributed by atoms with Crippen LogP contribution in [0, 0.1) is 13.8 Å². The first-order valence-electron chi connectivity index (χ1n) is 10.5. The van der Waals surface area contributed by atoms with E-state index in [1.54, 1.807) is 0 Å². The molecule has 160 valence electrons. The van der Waals surface area contributed by atoms with Gasteiger partial charge >= 0.3 is 0 Å². The third-order valence-corrected chi connectivity index (χ3v) is 6.05. The number of benzene rings is 3. The number of ether oxygens (including phenoxy) is 1. The van der Waals surface area contributed by atoms with Gasteiger partial charge in [-0.05, 0) is 63.3 Å². The normalized spacial score (nSPS) is 11.4. The molecule has 0 amide bonds. The highest BCUT2D eigenvalue weighted by Gasteiger charge is 2.14. The van der Waals surface area contributed by atoms with E-state index in [1.807, 2.05) is 6.07 Å². The molecule has 31 heavy (non-hydrogen) atoms. The number of rotatable bonds is 7. The molecule has 3 aromatic carbocycles. The first-order chi connectivity index (χ1) is 14.9. The van der Waals surface area contributed by atoms with Crippen LogP contribution in [0.25, 0.3) is 22.4 Å². The Bertz CT molecular complexity index is 1190. The maximum atomic E-state index is 6.09. The van der Waals surface area contributed by atoms with Crippen molar-refractivity contribution >= 4 is 27.0 Å². The predicted molar refractivity (Wildman–Crippen MR) is 132 cm³/mol. The topological polar surface area (TPSA) is 41.1 Å². The lowest BCUT2D eigenvalue weighted by Gasteiger charge is -2.12. The van der Waals surface area contributed by atoms with E-state index < -0.39 is 0 Å². The Morgan fingerprint density at radius 3 is 2.42 bits per heavy atom. The molecule has 1 aromatic heterocycles. The molecule has 0 fully saturated rings. The summed E-state index contributed by atoms with van der Waals surface area (Å²) < 4.78 is 7.19. The number of halogens is 1. The molecule has 0 bridgehead atoms. The van der Waals surface area contributed by atoms with Crippen molar-refractivity contribution in [1.82, 2.24) is 14.9 Å². The number of fused-ring (bicyclic) bond motifs is 1. The third kappa shape index (κ3) is 5.17. The molecule has 5 heteroatoms. The molecule has 0 aliphatic heterocycles. The number of aryl methyl sites for hydroxylation is 2. The predicted octanol–water partition coefficient (Wildman–Crippen LogP) is 6.14. The fraction of sp³-hybridized carbons (Fsp3) is 0.269. The van der Waals surface area contributed by atoms with Gasteiger partial charge in [-0.25, -0.2) is 4.98 Å². The van der Waals surface area contributed by atoms with Crippen LogP contribution in [-0.4, -0.2) is 42.1 Å². The second-order valence-electron chi connectivity index (χ2n) is 8.36. The summed E-state index contributed by atoms with van der Waals surface area (Å²) in [6, 6.07) is 19.1. The van der Waals surface area contributed by atoms with Crippen molar-refractivity contribution in [3.63, 3.8) is 0 Å². The molecular formula is C26H28BrN3O. The zero-order chi connectivity index (χ0) is 22.0. The Morgan fingerprint density at radius 2 is 1.71 bits per heavy atom. The van der Waals surface area contributed by atoms with Gasteiger partial charge in [-0.3, -0.25) is 0 Å². The molecule has 1 heterocycles. The van der Waals surface area contributed by atoms with Gasteiger partial charge in [0.05, 0.1) is 11.0 Å². The molecule has 4 nitrogen and oxygen atoms in total. The molecule has 0 atom stereocenters. The zero-order valence-corrected chi connectivity index (χ0v) is 20.1. The summed E-state index contributed by atoms with van der Waals surface area (Å²) in [5, 5.41) is 0. The number of nitrogens with one attached hydrogen (secondary N) is 1. The summed E-state index contributed by atoms with van der Waals surface area (Å²) in [5.74, 6) is 1.76. The van der Waals surface area contributed by atoms with Gasteiger partial charge in [-0.2, -0.15) is 0 Å². The van der Waals surface area contributed by atoms with Gasteiger partial charge in [0.15, 0.2) is 0 Å². The van der Waals surface area contributed by atoms with Crippen molar-refractivity contribution in [2.75, 3.05) is 27.2 Å². The van der Waals surface area contributed by atoms with Crippen molar-refractivity contribution in [3.8, 4) is 17.1 Å². The summed E-state index contributed by atoms with van der Waals surface area (Å²) in [7, 11) is 4.10. The van der Waals surface area contributed by atoms with Gasteiger partial charge in [-0.1, -0.05) is 51.3 Å². The van der Waals surface area contributed by atoms with Crippen LogP contribution < -0.4 is 4.74 Å². The highest BCUT2D eigenvalue weighted by atomic mass is 79.9. The van der Waals surface area contributed by atoms with Crippen LogP contribution in [0.5, 0.6) is 5.75 Å². The molecule has 0 saturated heterocycles. The number of likely N-dealkylation sites (N-methyl/N-ethyl adjacent to an activating group) is 1. The SMILES string of the molecule is Cc1cc(C)cc(-c2nc3c(Cc4ccccc4Br)cc(OCCN(C)C)cc3[nH]2)c1. The number of nitrogens with zero attached hydrogens (tertiary/aromatic N) is 2. The van der Waals surface area contributed by atoms with E-state index in [2.05, 4.69) is 102 Å². The Labute approximate surface area is 192 Å². The molecular weight excluding hydrogens is 450 g/mol. The first kappa shape index (κ1) is 21.6. The van der Waals surface area contributed by atoms with Crippen LogP contribution in [0.3, 0.4) is 0 Å². The summed E-state index contributed by atoms with van der Waals surface area (Å²) in [6.07, 6.45) is 0.778. The molecule has 4 rings (SSSR count). The van der Waals surface area contributed by atoms with E-state index >= 15 is 0 Å². The number of hydrogen-bond donors (Lipinski definition) is 1. The third-order valence-electron chi connectivity index (χ3n) is 5.28. The van der Waals surface area contributed by atoms with Crippen LogP contribution in [0.1, 0.15) is 22.3 Å². The van der Waals surface area contributed by atoms with Gasteiger partial charge < -0.3 is 14.6 Å². The molecule has 0 radical (unpaired) electrons. The van der Waals surface area contributed by atoms with E-state index in [0.717, 1.165) is 51.2 Å². The number of aromatic amines is 1. The molecule has 0 saturated carbocycles. The lowest BCUT2D eigenvalue weighted by molar-refractivity contribution is 0.261. The van der Waals surface area contributed by atoms with E-state index in [1.165, 1.54) is 16.7 Å². The lowest BCUT2D eigenvalue weighted by atomic mass is 10.0. The summed E-state index contributed by atoms with van der Waals surface area (Å²) in [5.41, 5.74) is 7.94. The summed E-state index contributed by atoms with van der Waals surface area (Å²) in [6.45, 7) is 5.75. The Kier molecular flexibility index (Phi) is 6.44. The van der Waals surface area contributed by atoms with Gasteiger partial charge in [0.1, 0.15) is 18.2 Å². The molecule has 0 spiro atoms. The van der Waals surface area contributed by atoms with Crippen molar-refractivity contribution in [1.29, 1.82) is 0 Å². The maximum absolute atomic E-state index is 6.09. The summed E-state index contributed by atoms with van der Waals surface area (Å²) in [4.78, 5) is 10.7. The molecule has 0 unspecified atom stereocenters. The minimum absolute atomic E-state index is 0.644. The average molecular weight is 478 g/mol. The number of imidazole rings is 1. The van der Waals surface area contributed by atoms with Crippen LogP contribution in [-0.2, 0) is 6.42 Å². The van der Waals surface area contributed by atoms with Gasteiger partial charge in [0.2, 0.25) is 0 Å². The standard InChI is InChI=1S/C26H28BrN3O/c1-17-11-18(2)13-21(12-17)26-28-24-16-22(31-10-9-30(3)4)15-20(25(24)29-26)14-19-7-5-6-8-23(19)27/h5-8,11-13,15-16H,9-10,14H2,1-4H3,(H,28,29). The highest BCUT2D eigenvalue weighted by molar-refractivity contribution is 9.10. The fourth-order valence-electron chi connectivity index (χ4n) is 3.82. The van der Waals surface area contributed by atoms with E-state index in [9.17, 15) is 0 Å². The lowest BCUT2D eigenvalue weighted by Crippen LogP contribution is -2.19. The van der Waals surface area contributed by atoms with Crippen molar-refractivity contribution in [3.05, 3.63) is 81.3 Å². The minimum atomic E-state index is 0.644. The van der Waals surface area contributed by atoms with Crippen molar-refractivity contribution < 1.29 is 4.74 Å². The second kappa shape index (κ2) is 9.25. The van der Waals surface area contributed by atoms with Crippen LogP contribution in [0.4, 0.5) is 0 Å². The number of H-pyrrole nitrogens is 1. The van der Waals surface area contributed by atoms with Gasteiger partial charge in [0.25, 0.3) is 0 Å². The Morgan fingerprint density at radius 1 is 0.968 bits per heavy atom. The van der Waals surface area contributed by atoms with E-state index in [-0.39, 0.29) is 0 Å². The van der Waals surface area contributed by atoms with Gasteiger partial charge in [-0.15, -0.1) is 0 Å². The summed E-state index contributed by atoms with van der Waals surface area (Å²) >= 11 is 3.69. The maximum Gasteiger partial charge on any atom is 0.138 e. The minimum Gasteiger partial charge on any atom is -0.492 e. The number of hydrogen-bond acceptors (Lipinski definition) is 3. The average Bonchev–Trinajstić information content (AvgIpc) is 3.13. The molecule has 4 aromatic rings. The smallest absolute Gasteiger partial charge is 0.138 e. The molecule has 1 N–H and O–H groups in total. The van der Waals surface area contributed by atoms with Gasteiger partial charge in [0, 0.05) is 29.1 Å². The highest BCUT2D eigenvalue weighted by Crippen LogP contribution is 2.31. The van der Waals surface area contributed by atoms with Crippen LogP contribution in [0.15, 0.2) is 59.1 Å². The number of aromatic nitrogens is 2. The largest absolute Gasteiger partial charge is 0.492 e. The van der Waals surface area contributed by atoms with E-state index in [0.29, 0.717) is 6.61 Å². The quantitative estimate of drug-likeness (QED) is 0.347. The Balaban J connectivity index is 1.78. The monoisotopic (exact) mass is 477 g/mol.